The maximum absolute atomic E-state index is 13.0. The molecule has 118 valence electrons. The number of rotatable bonds is 3. The summed E-state index contributed by atoms with van der Waals surface area (Å²) < 4.78 is 31.7. The van der Waals surface area contributed by atoms with Crippen LogP contribution in [0.4, 0.5) is 5.69 Å². The van der Waals surface area contributed by atoms with Gasteiger partial charge in [-0.25, -0.2) is 17.2 Å². The van der Waals surface area contributed by atoms with Crippen LogP contribution in [0.3, 0.4) is 0 Å². The van der Waals surface area contributed by atoms with Gasteiger partial charge in [0, 0.05) is 5.39 Å². The van der Waals surface area contributed by atoms with Gasteiger partial charge < -0.3 is 10.5 Å². The number of hydrogen-bond acceptors (Lipinski definition) is 5. The molecule has 6 nitrogen and oxygen atoms in total. The Morgan fingerprint density at radius 2 is 1.65 bits per heavy atom. The average Bonchev–Trinajstić information content (AvgIpc) is 2.89. The molecule has 0 amide bonds. The van der Waals surface area contributed by atoms with E-state index >= 15 is 0 Å². The number of nitrogens with two attached hydrogens (primary N) is 1. The fraction of sp³-hybridized carbons (Fsp3) is 0.0625. The molecule has 0 unspecified atom stereocenters. The van der Waals surface area contributed by atoms with Gasteiger partial charge in [0.15, 0.2) is 5.69 Å². The first-order chi connectivity index (χ1) is 11.0. The topological polar surface area (TPSA) is 91.4 Å². The van der Waals surface area contributed by atoms with E-state index in [0.29, 0.717) is 10.9 Å². The van der Waals surface area contributed by atoms with E-state index in [1.165, 1.54) is 19.2 Å². The van der Waals surface area contributed by atoms with E-state index in [2.05, 4.69) is 0 Å². The highest BCUT2D eigenvalue weighted by molar-refractivity contribution is 7.90. The van der Waals surface area contributed by atoms with Crippen molar-refractivity contribution < 1.29 is 17.9 Å². The van der Waals surface area contributed by atoms with Crippen molar-refractivity contribution >= 4 is 32.6 Å². The Morgan fingerprint density at radius 1 is 1.04 bits per heavy atom. The number of esters is 1. The highest BCUT2D eigenvalue weighted by Crippen LogP contribution is 2.32. The van der Waals surface area contributed by atoms with Crippen LogP contribution >= 0.6 is 0 Å². The van der Waals surface area contributed by atoms with Crippen molar-refractivity contribution in [2.75, 3.05) is 12.8 Å². The molecule has 0 spiro atoms. The van der Waals surface area contributed by atoms with Gasteiger partial charge >= 0.3 is 5.97 Å². The fourth-order valence-corrected chi connectivity index (χ4v) is 4.02. The largest absolute Gasteiger partial charge is 0.464 e. The number of para-hydroxylation sites is 1. The van der Waals surface area contributed by atoms with Crippen LogP contribution in [-0.4, -0.2) is 25.5 Å². The maximum Gasteiger partial charge on any atom is 0.357 e. The quantitative estimate of drug-likeness (QED) is 0.744. The number of carbonyl (C=O) groups excluding carboxylic acids is 1. The Hall–Kier alpha value is -2.80. The molecule has 2 aromatic carbocycles. The van der Waals surface area contributed by atoms with Crippen molar-refractivity contribution in [3.8, 4) is 0 Å². The highest BCUT2D eigenvalue weighted by Gasteiger charge is 2.29. The molecule has 0 atom stereocenters. The second-order valence-corrected chi connectivity index (χ2v) is 6.64. The Balaban J connectivity index is 2.43. The Bertz CT molecular complexity index is 992. The molecule has 0 fully saturated rings. The molecule has 7 heteroatoms. The minimum absolute atomic E-state index is 0.0610. The van der Waals surface area contributed by atoms with E-state index in [-0.39, 0.29) is 16.3 Å². The summed E-state index contributed by atoms with van der Waals surface area (Å²) in [6, 6.07) is 14.5. The molecule has 0 bridgehead atoms. The van der Waals surface area contributed by atoms with Crippen LogP contribution in [0.15, 0.2) is 59.5 Å². The van der Waals surface area contributed by atoms with Crippen LogP contribution in [-0.2, 0) is 14.8 Å². The second-order valence-electron chi connectivity index (χ2n) is 4.85. The molecular formula is C16H14N2O4S. The zero-order valence-corrected chi connectivity index (χ0v) is 13.1. The first-order valence-corrected chi connectivity index (χ1v) is 8.20. The van der Waals surface area contributed by atoms with Gasteiger partial charge in [0.25, 0.3) is 10.0 Å². The van der Waals surface area contributed by atoms with Crippen LogP contribution in [0.2, 0.25) is 0 Å². The van der Waals surface area contributed by atoms with Crippen molar-refractivity contribution in [2.24, 2.45) is 0 Å². The zero-order valence-electron chi connectivity index (χ0n) is 12.3. The molecule has 1 aromatic heterocycles. The Morgan fingerprint density at radius 3 is 2.30 bits per heavy atom. The zero-order chi connectivity index (χ0) is 16.6. The number of hydrogen-bond donors (Lipinski definition) is 1. The van der Waals surface area contributed by atoms with Crippen molar-refractivity contribution in [3.05, 3.63) is 60.3 Å². The summed E-state index contributed by atoms with van der Waals surface area (Å²) >= 11 is 0. The monoisotopic (exact) mass is 330 g/mol. The number of anilines is 1. The van der Waals surface area contributed by atoms with Crippen LogP contribution in [0.5, 0.6) is 0 Å². The number of nitrogen functional groups attached to an aromatic ring is 1. The third kappa shape index (κ3) is 2.25. The third-order valence-corrected chi connectivity index (χ3v) is 5.26. The Labute approximate surface area is 133 Å². The Kier molecular flexibility index (Phi) is 3.57. The lowest BCUT2D eigenvalue weighted by molar-refractivity contribution is 0.0594. The normalized spacial score (nSPS) is 11.5. The third-order valence-electron chi connectivity index (χ3n) is 3.53. The number of methoxy groups -OCH3 is 1. The smallest absolute Gasteiger partial charge is 0.357 e. The molecule has 0 aliphatic heterocycles. The fourth-order valence-electron chi connectivity index (χ4n) is 2.47. The number of benzene rings is 2. The van der Waals surface area contributed by atoms with Gasteiger partial charge in [-0.15, -0.1) is 0 Å². The van der Waals surface area contributed by atoms with Crippen molar-refractivity contribution in [1.29, 1.82) is 0 Å². The standard InChI is InChI=1S/C16H14N2O4S/c1-22-16(19)15-14(17)12-9-5-6-10-13(12)18(15)23(20,21)11-7-3-2-4-8-11/h2-10H,17H2,1H3. The molecule has 2 N–H and O–H groups in total. The highest BCUT2D eigenvalue weighted by atomic mass is 32.2. The van der Waals surface area contributed by atoms with E-state index in [1.807, 2.05) is 0 Å². The lowest BCUT2D eigenvalue weighted by Crippen LogP contribution is -2.20. The molecule has 0 saturated carbocycles. The van der Waals surface area contributed by atoms with Gasteiger partial charge in [-0.1, -0.05) is 36.4 Å². The molecular weight excluding hydrogens is 316 g/mol. The lowest BCUT2D eigenvalue weighted by atomic mass is 10.2. The summed E-state index contributed by atoms with van der Waals surface area (Å²) in [5.41, 5.74) is 6.21. The summed E-state index contributed by atoms with van der Waals surface area (Å²) in [6.45, 7) is 0. The predicted octanol–water partition coefficient (Wildman–Crippen LogP) is 2.25. The molecule has 23 heavy (non-hydrogen) atoms. The average molecular weight is 330 g/mol. The molecule has 0 saturated heterocycles. The SMILES string of the molecule is COC(=O)c1c(N)c2ccccc2n1S(=O)(=O)c1ccccc1. The summed E-state index contributed by atoms with van der Waals surface area (Å²) in [5, 5.41) is 0.479. The predicted molar refractivity (Wildman–Crippen MR) is 86.7 cm³/mol. The van der Waals surface area contributed by atoms with Gasteiger partial charge in [-0.05, 0) is 18.2 Å². The molecule has 0 aliphatic rings. The minimum atomic E-state index is -3.99. The first kappa shape index (κ1) is 15.1. The van der Waals surface area contributed by atoms with Crippen molar-refractivity contribution in [2.45, 2.75) is 4.90 Å². The summed E-state index contributed by atoms with van der Waals surface area (Å²) in [5.74, 6) is -0.807. The second kappa shape index (κ2) is 5.44. The van der Waals surface area contributed by atoms with Crippen LogP contribution in [0.1, 0.15) is 10.5 Å². The lowest BCUT2D eigenvalue weighted by Gasteiger charge is -2.11. The summed E-state index contributed by atoms with van der Waals surface area (Å²) in [7, 11) is -2.82. The molecule has 0 aliphatic carbocycles. The van der Waals surface area contributed by atoms with Crippen molar-refractivity contribution in [3.63, 3.8) is 0 Å². The summed E-state index contributed by atoms with van der Waals surface area (Å²) in [4.78, 5) is 12.2. The van der Waals surface area contributed by atoms with Crippen LogP contribution in [0.25, 0.3) is 10.9 Å². The van der Waals surface area contributed by atoms with Gasteiger partial charge in [0.1, 0.15) is 0 Å². The number of nitrogens with zero attached hydrogens (tertiary/aromatic N) is 1. The van der Waals surface area contributed by atoms with Crippen LogP contribution in [0, 0.1) is 0 Å². The number of aromatic nitrogens is 1. The minimum Gasteiger partial charge on any atom is -0.464 e. The van der Waals surface area contributed by atoms with Crippen molar-refractivity contribution in [1.82, 2.24) is 3.97 Å². The van der Waals surface area contributed by atoms with Gasteiger partial charge in [-0.3, -0.25) is 0 Å². The van der Waals surface area contributed by atoms with E-state index in [1.54, 1.807) is 42.5 Å². The molecule has 3 aromatic rings. The first-order valence-electron chi connectivity index (χ1n) is 6.76. The number of fused-ring (bicyclic) bond motifs is 1. The maximum atomic E-state index is 13.0. The van der Waals surface area contributed by atoms with Gasteiger partial charge in [0.05, 0.1) is 23.2 Å². The number of carbonyl (C=O) groups is 1. The van der Waals surface area contributed by atoms with Gasteiger partial charge in [0.2, 0.25) is 0 Å². The molecule has 3 rings (SSSR count). The molecule has 0 radical (unpaired) electrons. The summed E-state index contributed by atoms with van der Waals surface area (Å²) in [6.07, 6.45) is 0. The van der Waals surface area contributed by atoms with E-state index in [9.17, 15) is 13.2 Å². The van der Waals surface area contributed by atoms with E-state index < -0.39 is 16.0 Å². The van der Waals surface area contributed by atoms with Gasteiger partial charge in [-0.2, -0.15) is 0 Å². The molecule has 1 heterocycles. The van der Waals surface area contributed by atoms with Crippen LogP contribution < -0.4 is 5.73 Å². The van der Waals surface area contributed by atoms with E-state index in [0.717, 1.165) is 3.97 Å². The van der Waals surface area contributed by atoms with E-state index in [4.69, 9.17) is 10.5 Å². The number of ether oxygens (including phenoxy) is 1.